The van der Waals surface area contributed by atoms with Gasteiger partial charge in [0.25, 0.3) is 5.91 Å². The first-order chi connectivity index (χ1) is 15.2. The Morgan fingerprint density at radius 1 is 1.03 bits per heavy atom. The molecule has 8 heteroatoms. The summed E-state index contributed by atoms with van der Waals surface area (Å²) >= 11 is 0. The van der Waals surface area contributed by atoms with Crippen LogP contribution in [0.25, 0.3) is 16.9 Å². The van der Waals surface area contributed by atoms with Crippen molar-refractivity contribution in [3.8, 4) is 11.6 Å². The Balaban J connectivity index is 1.24. The molecule has 0 atom stereocenters. The average molecular weight is 413 g/mol. The molecule has 3 heterocycles. The molecule has 2 amide bonds. The quantitative estimate of drug-likeness (QED) is 0.543. The van der Waals surface area contributed by atoms with Crippen molar-refractivity contribution in [3.05, 3.63) is 73.2 Å². The lowest BCUT2D eigenvalue weighted by Crippen LogP contribution is -2.40. The number of amides is 2. The molecular formula is C23H19N5O3. The molecule has 8 nitrogen and oxygen atoms in total. The number of hydrogen-bond acceptors (Lipinski definition) is 5. The van der Waals surface area contributed by atoms with E-state index in [1.807, 2.05) is 59.2 Å². The van der Waals surface area contributed by atoms with E-state index in [9.17, 15) is 9.59 Å². The summed E-state index contributed by atoms with van der Waals surface area (Å²) in [4.78, 5) is 35.1. The maximum absolute atomic E-state index is 12.4. The summed E-state index contributed by atoms with van der Waals surface area (Å²) in [6.07, 6.45) is 3.49. The normalized spacial score (nSPS) is 13.0. The number of rotatable bonds is 5. The van der Waals surface area contributed by atoms with Gasteiger partial charge in [-0.1, -0.05) is 24.3 Å². The third-order valence-electron chi connectivity index (χ3n) is 5.10. The van der Waals surface area contributed by atoms with Gasteiger partial charge >= 0.3 is 0 Å². The van der Waals surface area contributed by atoms with Crippen molar-refractivity contribution in [1.29, 1.82) is 0 Å². The highest BCUT2D eigenvalue weighted by atomic mass is 16.5. The van der Waals surface area contributed by atoms with Gasteiger partial charge in [0.05, 0.1) is 28.6 Å². The lowest BCUT2D eigenvalue weighted by Gasteiger charge is -2.29. The minimum absolute atomic E-state index is 0.0209. The van der Waals surface area contributed by atoms with Crippen LogP contribution in [0.15, 0.2) is 73.2 Å². The van der Waals surface area contributed by atoms with Gasteiger partial charge in [-0.05, 0) is 36.4 Å². The van der Waals surface area contributed by atoms with Gasteiger partial charge in [-0.25, -0.2) is 9.97 Å². The number of carbonyl (C=O) groups is 2. The molecule has 1 aliphatic rings. The number of nitrogens with zero attached hydrogens (tertiary/aromatic N) is 4. The molecule has 1 N–H and O–H groups in total. The fourth-order valence-corrected chi connectivity index (χ4v) is 3.58. The van der Waals surface area contributed by atoms with Crippen LogP contribution in [0.2, 0.25) is 0 Å². The number of imidazole rings is 1. The third-order valence-corrected chi connectivity index (χ3v) is 5.10. The van der Waals surface area contributed by atoms with Crippen molar-refractivity contribution in [2.45, 2.75) is 6.42 Å². The molecule has 1 aliphatic heterocycles. The first kappa shape index (κ1) is 18.8. The fourth-order valence-electron chi connectivity index (χ4n) is 3.58. The summed E-state index contributed by atoms with van der Waals surface area (Å²) in [7, 11) is 0. The molecule has 31 heavy (non-hydrogen) atoms. The zero-order chi connectivity index (χ0) is 21.2. The molecular weight excluding hydrogens is 394 g/mol. The van der Waals surface area contributed by atoms with Crippen molar-refractivity contribution < 1.29 is 14.3 Å². The highest BCUT2D eigenvalue weighted by molar-refractivity contribution is 5.99. The number of fused-ring (bicyclic) bond motifs is 2. The maximum atomic E-state index is 12.4. The molecule has 4 aromatic rings. The number of carbonyl (C=O) groups excluding carboxylic acids is 2. The van der Waals surface area contributed by atoms with Gasteiger partial charge in [-0.3, -0.25) is 14.2 Å². The molecule has 2 aromatic carbocycles. The lowest BCUT2D eigenvalue weighted by atomic mass is 10.2. The summed E-state index contributed by atoms with van der Waals surface area (Å²) in [5.74, 6) is 1.00. The highest BCUT2D eigenvalue weighted by Crippen LogP contribution is 2.31. The van der Waals surface area contributed by atoms with Gasteiger partial charge in [0.2, 0.25) is 5.91 Å². The van der Waals surface area contributed by atoms with Crippen LogP contribution in [-0.2, 0) is 9.59 Å². The van der Waals surface area contributed by atoms with E-state index in [0.717, 1.165) is 11.0 Å². The van der Waals surface area contributed by atoms with Gasteiger partial charge in [0, 0.05) is 13.0 Å². The van der Waals surface area contributed by atoms with E-state index in [1.165, 1.54) is 0 Å². The first-order valence-electron chi connectivity index (χ1n) is 9.89. The molecule has 2 aromatic heterocycles. The molecule has 0 saturated heterocycles. The molecule has 0 saturated carbocycles. The number of ether oxygens (including phenoxy) is 1. The Hall–Kier alpha value is -4.20. The number of benzene rings is 2. The Bertz CT molecular complexity index is 1270. The van der Waals surface area contributed by atoms with Crippen molar-refractivity contribution in [2.24, 2.45) is 0 Å². The number of pyridine rings is 1. The number of anilines is 2. The van der Waals surface area contributed by atoms with Crippen LogP contribution < -0.4 is 15.0 Å². The standard InChI is InChI=1S/C23H19N5O3/c29-22(11-12-27-19-7-3-4-8-20(19)31-14-23(27)30)26-16-9-10-21(24-13-16)28-15-25-17-5-1-2-6-18(17)28/h1-10,13,15H,11-12,14H2,(H,26,29). The lowest BCUT2D eigenvalue weighted by molar-refractivity contribution is -0.121. The van der Waals surface area contributed by atoms with Crippen LogP contribution in [0.3, 0.4) is 0 Å². The fraction of sp³-hybridized carbons (Fsp3) is 0.130. The molecule has 5 rings (SSSR count). The monoisotopic (exact) mass is 413 g/mol. The number of para-hydroxylation sites is 4. The van der Waals surface area contributed by atoms with Gasteiger partial charge in [0.15, 0.2) is 6.61 Å². The van der Waals surface area contributed by atoms with Crippen LogP contribution in [-0.4, -0.2) is 39.5 Å². The predicted octanol–water partition coefficient (Wildman–Crippen LogP) is 3.17. The third kappa shape index (κ3) is 3.71. The van der Waals surface area contributed by atoms with Crippen LogP contribution in [0.1, 0.15) is 6.42 Å². The van der Waals surface area contributed by atoms with Gasteiger partial charge in [-0.15, -0.1) is 0 Å². The Morgan fingerprint density at radius 2 is 1.87 bits per heavy atom. The van der Waals surface area contributed by atoms with E-state index >= 15 is 0 Å². The summed E-state index contributed by atoms with van der Waals surface area (Å²) in [5.41, 5.74) is 3.13. The van der Waals surface area contributed by atoms with E-state index < -0.39 is 0 Å². The smallest absolute Gasteiger partial charge is 0.265 e. The topological polar surface area (TPSA) is 89.4 Å². The van der Waals surface area contributed by atoms with Gasteiger partial charge < -0.3 is 15.0 Å². The Morgan fingerprint density at radius 3 is 2.74 bits per heavy atom. The summed E-state index contributed by atoms with van der Waals surface area (Å²) in [6, 6.07) is 18.7. The second kappa shape index (κ2) is 7.91. The van der Waals surface area contributed by atoms with Gasteiger partial charge in [0.1, 0.15) is 17.9 Å². The summed E-state index contributed by atoms with van der Waals surface area (Å²) in [5, 5.41) is 2.83. The first-order valence-corrected chi connectivity index (χ1v) is 9.89. The Kier molecular flexibility index (Phi) is 4.80. The van der Waals surface area contributed by atoms with Crippen LogP contribution in [0.4, 0.5) is 11.4 Å². The second-order valence-electron chi connectivity index (χ2n) is 7.11. The van der Waals surface area contributed by atoms with Crippen LogP contribution in [0, 0.1) is 0 Å². The molecule has 0 unspecified atom stereocenters. The number of aromatic nitrogens is 3. The highest BCUT2D eigenvalue weighted by Gasteiger charge is 2.25. The summed E-state index contributed by atoms with van der Waals surface area (Å²) in [6.45, 7) is 0.254. The predicted molar refractivity (Wildman–Crippen MR) is 116 cm³/mol. The average Bonchev–Trinajstić information content (AvgIpc) is 3.23. The molecule has 0 fully saturated rings. The Labute approximate surface area is 178 Å². The zero-order valence-electron chi connectivity index (χ0n) is 16.6. The van der Waals surface area contributed by atoms with E-state index in [-0.39, 0.29) is 31.4 Å². The SMILES string of the molecule is O=C(CCN1C(=O)COc2ccccc21)Nc1ccc(-n2cnc3ccccc32)nc1. The van der Waals surface area contributed by atoms with Crippen LogP contribution in [0.5, 0.6) is 5.75 Å². The van der Waals surface area contributed by atoms with E-state index in [1.54, 1.807) is 23.5 Å². The number of nitrogens with one attached hydrogen (secondary N) is 1. The number of hydrogen-bond donors (Lipinski definition) is 1. The molecule has 0 bridgehead atoms. The summed E-state index contributed by atoms with van der Waals surface area (Å²) < 4.78 is 7.32. The second-order valence-corrected chi connectivity index (χ2v) is 7.11. The van der Waals surface area contributed by atoms with Crippen molar-refractivity contribution >= 4 is 34.2 Å². The van der Waals surface area contributed by atoms with Crippen molar-refractivity contribution in [3.63, 3.8) is 0 Å². The van der Waals surface area contributed by atoms with E-state index in [0.29, 0.717) is 22.9 Å². The minimum atomic E-state index is -0.195. The minimum Gasteiger partial charge on any atom is -0.482 e. The van der Waals surface area contributed by atoms with E-state index in [4.69, 9.17) is 4.74 Å². The van der Waals surface area contributed by atoms with Crippen molar-refractivity contribution in [1.82, 2.24) is 14.5 Å². The van der Waals surface area contributed by atoms with E-state index in [2.05, 4.69) is 15.3 Å². The molecule has 0 aliphatic carbocycles. The maximum Gasteiger partial charge on any atom is 0.265 e. The van der Waals surface area contributed by atoms with Crippen molar-refractivity contribution in [2.75, 3.05) is 23.4 Å². The molecule has 0 spiro atoms. The molecule has 154 valence electrons. The van der Waals surface area contributed by atoms with Gasteiger partial charge in [-0.2, -0.15) is 0 Å². The molecule has 0 radical (unpaired) electrons. The van der Waals surface area contributed by atoms with Crippen LogP contribution >= 0.6 is 0 Å². The zero-order valence-corrected chi connectivity index (χ0v) is 16.6. The largest absolute Gasteiger partial charge is 0.482 e.